The zero-order chi connectivity index (χ0) is 18.7. The largest absolute Gasteiger partial charge is 0.366 e. The van der Waals surface area contributed by atoms with Crippen molar-refractivity contribution >= 4 is 40.2 Å². The van der Waals surface area contributed by atoms with E-state index in [1.54, 1.807) is 43.3 Å². The molecule has 5 nitrogen and oxygen atoms in total. The molecular weight excluding hydrogens is 353 g/mol. The van der Waals surface area contributed by atoms with Gasteiger partial charge in [0.1, 0.15) is 5.82 Å². The van der Waals surface area contributed by atoms with Gasteiger partial charge in [-0.3, -0.25) is 9.59 Å². The summed E-state index contributed by atoms with van der Waals surface area (Å²) in [6.07, 6.45) is 0. The number of fused-ring (bicyclic) bond motifs is 1. The average Bonchev–Trinajstić information content (AvgIpc) is 2.62. The number of halogens is 1. The van der Waals surface area contributed by atoms with Crippen LogP contribution in [0.2, 0.25) is 0 Å². The number of aromatic nitrogens is 1. The molecule has 0 bridgehead atoms. The van der Waals surface area contributed by atoms with Crippen molar-refractivity contribution in [3.63, 3.8) is 0 Å². The lowest BCUT2D eigenvalue weighted by atomic mass is 10.1. The summed E-state index contributed by atoms with van der Waals surface area (Å²) in [6, 6.07) is 14.7. The number of thioether (sulfide) groups is 1. The predicted octanol–water partition coefficient (Wildman–Crippen LogP) is 3.59. The molecule has 3 rings (SSSR count). The Morgan fingerprint density at radius 3 is 2.58 bits per heavy atom. The third-order valence-electron chi connectivity index (χ3n) is 3.76. The number of hydrogen-bond donors (Lipinski definition) is 2. The number of hydrogen-bond acceptors (Lipinski definition) is 4. The van der Waals surface area contributed by atoms with Gasteiger partial charge in [-0.1, -0.05) is 42.1 Å². The van der Waals surface area contributed by atoms with E-state index in [1.807, 2.05) is 6.07 Å². The number of primary amides is 1. The molecule has 0 radical (unpaired) electrons. The van der Waals surface area contributed by atoms with Crippen LogP contribution in [0.5, 0.6) is 0 Å². The summed E-state index contributed by atoms with van der Waals surface area (Å²) < 4.78 is 13.7. The number of para-hydroxylation sites is 2. The molecule has 0 aliphatic rings. The van der Waals surface area contributed by atoms with Crippen LogP contribution < -0.4 is 11.1 Å². The first kappa shape index (κ1) is 17.9. The van der Waals surface area contributed by atoms with Gasteiger partial charge in [0.15, 0.2) is 0 Å². The topological polar surface area (TPSA) is 85.1 Å². The SMILES string of the molecule is C[C@@H](Sc1cc(C(N)=O)c2ccccc2n1)C(=O)Nc1ccccc1F. The van der Waals surface area contributed by atoms with Gasteiger partial charge in [-0.05, 0) is 31.2 Å². The zero-order valence-electron chi connectivity index (χ0n) is 13.9. The normalized spacial score (nSPS) is 11.9. The number of nitrogens with one attached hydrogen (secondary N) is 1. The third-order valence-corrected chi connectivity index (χ3v) is 4.77. The van der Waals surface area contributed by atoms with Crippen LogP contribution in [-0.2, 0) is 4.79 Å². The fraction of sp³-hybridized carbons (Fsp3) is 0.105. The number of rotatable bonds is 5. The smallest absolute Gasteiger partial charge is 0.249 e. The number of nitrogens with two attached hydrogens (primary N) is 1. The number of amides is 2. The van der Waals surface area contributed by atoms with Gasteiger partial charge in [-0.25, -0.2) is 9.37 Å². The van der Waals surface area contributed by atoms with E-state index in [0.29, 0.717) is 21.5 Å². The van der Waals surface area contributed by atoms with Crippen molar-refractivity contribution < 1.29 is 14.0 Å². The highest BCUT2D eigenvalue weighted by atomic mass is 32.2. The van der Waals surface area contributed by atoms with Crippen LogP contribution >= 0.6 is 11.8 Å². The molecular formula is C19H16FN3O2S. The van der Waals surface area contributed by atoms with Crippen molar-refractivity contribution in [1.29, 1.82) is 0 Å². The number of pyridine rings is 1. The fourth-order valence-corrected chi connectivity index (χ4v) is 3.31. The minimum Gasteiger partial charge on any atom is -0.366 e. The highest BCUT2D eigenvalue weighted by Crippen LogP contribution is 2.27. The standard InChI is InChI=1S/C19H16FN3O2S/c1-11(19(25)23-16-9-5-3-7-14(16)20)26-17-10-13(18(21)24)12-6-2-4-8-15(12)22-17/h2-11H,1H3,(H2,21,24)(H,23,25)/t11-/m1/s1. The number of anilines is 1. The number of carbonyl (C=O) groups is 2. The second-order valence-corrected chi connectivity index (χ2v) is 6.98. The second-order valence-electron chi connectivity index (χ2n) is 5.62. The Morgan fingerprint density at radius 2 is 1.85 bits per heavy atom. The summed E-state index contributed by atoms with van der Waals surface area (Å²) in [4.78, 5) is 28.5. The van der Waals surface area contributed by atoms with Crippen molar-refractivity contribution in [1.82, 2.24) is 4.98 Å². The zero-order valence-corrected chi connectivity index (χ0v) is 14.7. The van der Waals surface area contributed by atoms with Crippen LogP contribution in [0.3, 0.4) is 0 Å². The Kier molecular flexibility index (Phi) is 5.18. The summed E-state index contributed by atoms with van der Waals surface area (Å²) >= 11 is 1.17. The van der Waals surface area contributed by atoms with Gasteiger partial charge in [0, 0.05) is 5.39 Å². The van der Waals surface area contributed by atoms with Gasteiger partial charge in [0.25, 0.3) is 0 Å². The lowest BCUT2D eigenvalue weighted by Gasteiger charge is -2.13. The first-order valence-electron chi connectivity index (χ1n) is 7.87. The van der Waals surface area contributed by atoms with Crippen molar-refractivity contribution in [2.45, 2.75) is 17.2 Å². The molecule has 1 aromatic heterocycles. The monoisotopic (exact) mass is 369 g/mol. The Labute approximate surface area is 153 Å². The van der Waals surface area contributed by atoms with Crippen LogP contribution in [-0.4, -0.2) is 22.0 Å². The van der Waals surface area contributed by atoms with Crippen LogP contribution in [0.1, 0.15) is 17.3 Å². The van der Waals surface area contributed by atoms with Crippen molar-refractivity contribution in [2.24, 2.45) is 5.73 Å². The van der Waals surface area contributed by atoms with Crippen molar-refractivity contribution in [2.75, 3.05) is 5.32 Å². The maximum atomic E-state index is 13.7. The van der Waals surface area contributed by atoms with E-state index < -0.39 is 17.0 Å². The van der Waals surface area contributed by atoms with Crippen LogP contribution in [0.4, 0.5) is 10.1 Å². The maximum Gasteiger partial charge on any atom is 0.249 e. The maximum absolute atomic E-state index is 13.7. The highest BCUT2D eigenvalue weighted by Gasteiger charge is 2.18. The predicted molar refractivity (Wildman–Crippen MR) is 101 cm³/mol. The van der Waals surface area contributed by atoms with Crippen molar-refractivity contribution in [3.8, 4) is 0 Å². The van der Waals surface area contributed by atoms with Gasteiger partial charge in [0.2, 0.25) is 11.8 Å². The van der Waals surface area contributed by atoms with Gasteiger partial charge in [0.05, 0.1) is 27.0 Å². The Hall–Kier alpha value is -2.93. The minimum atomic E-state index is -0.561. The Morgan fingerprint density at radius 1 is 1.15 bits per heavy atom. The first-order valence-corrected chi connectivity index (χ1v) is 8.75. The molecule has 132 valence electrons. The van der Waals surface area contributed by atoms with E-state index in [1.165, 1.54) is 23.9 Å². The van der Waals surface area contributed by atoms with Gasteiger partial charge in [-0.15, -0.1) is 0 Å². The fourth-order valence-electron chi connectivity index (χ4n) is 2.45. The summed E-state index contributed by atoms with van der Waals surface area (Å²) in [6.45, 7) is 1.68. The van der Waals surface area contributed by atoms with Crippen LogP contribution in [0.25, 0.3) is 10.9 Å². The molecule has 3 aromatic rings. The third kappa shape index (κ3) is 3.83. The van der Waals surface area contributed by atoms with Gasteiger partial charge >= 0.3 is 0 Å². The minimum absolute atomic E-state index is 0.120. The van der Waals surface area contributed by atoms with E-state index in [2.05, 4.69) is 10.3 Å². The number of benzene rings is 2. The Balaban J connectivity index is 1.83. The quantitative estimate of drug-likeness (QED) is 0.673. The Bertz CT molecular complexity index is 993. The van der Waals surface area contributed by atoms with Gasteiger partial charge in [-0.2, -0.15) is 0 Å². The molecule has 0 saturated heterocycles. The van der Waals surface area contributed by atoms with Gasteiger partial charge < -0.3 is 11.1 Å². The summed E-state index contributed by atoms with van der Waals surface area (Å²) in [7, 11) is 0. The van der Waals surface area contributed by atoms with Crippen LogP contribution in [0.15, 0.2) is 59.6 Å². The molecule has 26 heavy (non-hydrogen) atoms. The molecule has 0 spiro atoms. The van der Waals surface area contributed by atoms with E-state index >= 15 is 0 Å². The molecule has 0 aliphatic carbocycles. The molecule has 0 unspecified atom stereocenters. The first-order chi connectivity index (χ1) is 12.5. The lowest BCUT2D eigenvalue weighted by molar-refractivity contribution is -0.115. The number of carbonyl (C=O) groups excluding carboxylic acids is 2. The molecule has 7 heteroatoms. The van der Waals surface area contributed by atoms with E-state index in [0.717, 1.165) is 0 Å². The molecule has 2 aromatic carbocycles. The van der Waals surface area contributed by atoms with E-state index in [-0.39, 0.29) is 11.6 Å². The van der Waals surface area contributed by atoms with E-state index in [4.69, 9.17) is 5.73 Å². The lowest BCUT2D eigenvalue weighted by Crippen LogP contribution is -2.23. The molecule has 0 fully saturated rings. The summed E-state index contributed by atoms with van der Waals surface area (Å²) in [5, 5.41) is 3.15. The number of nitrogens with zero attached hydrogens (tertiary/aromatic N) is 1. The van der Waals surface area contributed by atoms with E-state index in [9.17, 15) is 14.0 Å². The summed E-state index contributed by atoms with van der Waals surface area (Å²) in [5.41, 5.74) is 6.55. The molecule has 3 N–H and O–H groups in total. The van der Waals surface area contributed by atoms with Crippen molar-refractivity contribution in [3.05, 3.63) is 66.0 Å². The molecule has 2 amide bonds. The molecule has 0 aliphatic heterocycles. The molecule has 1 heterocycles. The summed E-state index contributed by atoms with van der Waals surface area (Å²) in [5.74, 6) is -1.43. The highest BCUT2D eigenvalue weighted by molar-refractivity contribution is 8.00. The van der Waals surface area contributed by atoms with Crippen LogP contribution in [0, 0.1) is 5.82 Å². The average molecular weight is 369 g/mol. The second kappa shape index (κ2) is 7.53. The molecule has 1 atom stereocenters. The molecule has 0 saturated carbocycles.